The van der Waals surface area contributed by atoms with Gasteiger partial charge in [0.2, 0.25) is 5.91 Å². The molecule has 2 aliphatic rings. The van der Waals surface area contributed by atoms with Crippen LogP contribution >= 0.6 is 0 Å². The van der Waals surface area contributed by atoms with Gasteiger partial charge in [-0.05, 0) is 35.4 Å². The Balaban J connectivity index is 1.46. The number of hydrogen-bond acceptors (Lipinski definition) is 4. The van der Waals surface area contributed by atoms with E-state index < -0.39 is 5.82 Å². The van der Waals surface area contributed by atoms with E-state index in [1.807, 2.05) is 29.0 Å². The maximum atomic E-state index is 15.2. The van der Waals surface area contributed by atoms with Crippen molar-refractivity contribution in [1.82, 2.24) is 14.1 Å². The summed E-state index contributed by atoms with van der Waals surface area (Å²) in [7, 11) is 0. The second-order valence-corrected chi connectivity index (χ2v) is 8.74. The molecule has 2 aliphatic heterocycles. The van der Waals surface area contributed by atoms with Crippen molar-refractivity contribution in [3.8, 4) is 34.4 Å². The van der Waals surface area contributed by atoms with E-state index in [1.165, 1.54) is 11.0 Å². The number of fused-ring (bicyclic) bond motifs is 5. The maximum Gasteiger partial charge on any atom is 0.227 e. The minimum Gasteiger partial charge on any atom is -0.396 e. The van der Waals surface area contributed by atoms with Crippen molar-refractivity contribution < 1.29 is 14.3 Å². The molecular formula is C26H20FN5O2. The number of halogens is 1. The highest BCUT2D eigenvalue weighted by Gasteiger charge is 2.33. The molecule has 168 valence electrons. The van der Waals surface area contributed by atoms with Gasteiger partial charge in [0.25, 0.3) is 0 Å². The van der Waals surface area contributed by atoms with Crippen molar-refractivity contribution in [2.45, 2.75) is 13.0 Å². The lowest BCUT2D eigenvalue weighted by Gasteiger charge is -2.20. The first-order valence-electron chi connectivity index (χ1n) is 11.0. The first-order valence-corrected chi connectivity index (χ1v) is 11.0. The number of nitriles is 1. The summed E-state index contributed by atoms with van der Waals surface area (Å²) in [6.45, 7) is 0.681. The highest BCUT2D eigenvalue weighted by Crippen LogP contribution is 2.37. The van der Waals surface area contributed by atoms with Crippen LogP contribution in [0.3, 0.4) is 0 Å². The van der Waals surface area contributed by atoms with E-state index in [0.717, 1.165) is 22.4 Å². The number of anilines is 1. The third-order valence-electron chi connectivity index (χ3n) is 6.62. The number of nitrogens with zero attached hydrogens (tertiary/aromatic N) is 5. The fourth-order valence-electron chi connectivity index (χ4n) is 4.88. The van der Waals surface area contributed by atoms with Gasteiger partial charge in [-0.1, -0.05) is 12.1 Å². The molecule has 4 aromatic rings. The van der Waals surface area contributed by atoms with Gasteiger partial charge >= 0.3 is 0 Å². The van der Waals surface area contributed by atoms with E-state index in [9.17, 15) is 9.90 Å². The van der Waals surface area contributed by atoms with Crippen molar-refractivity contribution in [2.24, 2.45) is 5.92 Å². The third-order valence-corrected chi connectivity index (χ3v) is 6.62. The van der Waals surface area contributed by atoms with Gasteiger partial charge < -0.3 is 14.6 Å². The number of rotatable bonds is 3. The summed E-state index contributed by atoms with van der Waals surface area (Å²) >= 11 is 0. The molecule has 0 saturated carbocycles. The summed E-state index contributed by atoms with van der Waals surface area (Å²) in [4.78, 5) is 18.5. The van der Waals surface area contributed by atoms with E-state index in [1.54, 1.807) is 30.6 Å². The molecule has 2 aromatic heterocycles. The molecule has 6 rings (SSSR count). The molecule has 8 heteroatoms. The van der Waals surface area contributed by atoms with Gasteiger partial charge in [-0.15, -0.1) is 0 Å². The molecule has 0 unspecified atom stereocenters. The molecule has 34 heavy (non-hydrogen) atoms. The molecule has 0 aliphatic carbocycles. The summed E-state index contributed by atoms with van der Waals surface area (Å²) in [6.07, 6.45) is 5.73. The van der Waals surface area contributed by atoms with Crippen LogP contribution in [-0.2, 0) is 11.3 Å². The zero-order chi connectivity index (χ0) is 23.4. The molecule has 1 N–H and O–H groups in total. The van der Waals surface area contributed by atoms with Crippen LogP contribution in [0.4, 0.5) is 10.1 Å². The van der Waals surface area contributed by atoms with Gasteiger partial charge in [0, 0.05) is 62.3 Å². The molecule has 1 amide bonds. The molecule has 4 heterocycles. The molecule has 1 atom stereocenters. The van der Waals surface area contributed by atoms with Crippen molar-refractivity contribution in [2.75, 3.05) is 18.1 Å². The van der Waals surface area contributed by atoms with Crippen LogP contribution in [0.15, 0.2) is 61.1 Å². The Morgan fingerprint density at radius 2 is 1.97 bits per heavy atom. The van der Waals surface area contributed by atoms with Gasteiger partial charge in [-0.25, -0.2) is 9.37 Å². The maximum absolute atomic E-state index is 15.2. The minimum absolute atomic E-state index is 0.0992. The molecular weight excluding hydrogens is 433 g/mol. The Bertz CT molecular complexity index is 1480. The summed E-state index contributed by atoms with van der Waals surface area (Å²) in [5, 5.41) is 18.5. The number of hydrogen-bond donors (Lipinski definition) is 1. The molecule has 1 saturated heterocycles. The van der Waals surface area contributed by atoms with Crippen molar-refractivity contribution in [1.29, 1.82) is 5.26 Å². The van der Waals surface area contributed by atoms with Gasteiger partial charge in [0.1, 0.15) is 5.82 Å². The standard InChI is InChI=1S/C26H20FN5O2/c27-21-10-22-20(9-23(21)32-12-17(15-33)7-25(32)34)14-30-13-19(18-3-1-16(11-28)2-4-18)8-24(30)26-29-5-6-31(22)26/h1-6,8-10,13,17,33H,7,12,14-15H2/t17-/m0/s1. The van der Waals surface area contributed by atoms with E-state index in [2.05, 4.69) is 15.6 Å². The monoisotopic (exact) mass is 453 g/mol. The van der Waals surface area contributed by atoms with Gasteiger partial charge in [0.15, 0.2) is 5.82 Å². The van der Waals surface area contributed by atoms with E-state index in [4.69, 9.17) is 5.26 Å². The number of aliphatic hydroxyl groups is 1. The van der Waals surface area contributed by atoms with E-state index >= 15 is 4.39 Å². The predicted molar refractivity (Wildman–Crippen MR) is 124 cm³/mol. The molecule has 1 fully saturated rings. The number of carbonyl (C=O) groups excluding carboxylic acids is 1. The molecule has 0 bridgehead atoms. The first kappa shape index (κ1) is 20.4. The lowest BCUT2D eigenvalue weighted by Crippen LogP contribution is -2.26. The fraction of sp³-hybridized carbons (Fsp3) is 0.192. The topological polar surface area (TPSA) is 87.1 Å². The van der Waals surface area contributed by atoms with Gasteiger partial charge in [-0.2, -0.15) is 5.26 Å². The summed E-state index contributed by atoms with van der Waals surface area (Å²) in [6, 6.07) is 14.8. The molecule has 0 radical (unpaired) electrons. The predicted octanol–water partition coefficient (Wildman–Crippen LogP) is 3.73. The highest BCUT2D eigenvalue weighted by molar-refractivity contribution is 5.96. The van der Waals surface area contributed by atoms with Crippen molar-refractivity contribution in [3.63, 3.8) is 0 Å². The van der Waals surface area contributed by atoms with Crippen LogP contribution in [0.25, 0.3) is 28.3 Å². The summed E-state index contributed by atoms with van der Waals surface area (Å²) in [5.41, 5.74) is 5.24. The normalized spacial score (nSPS) is 16.6. The van der Waals surface area contributed by atoms with Crippen LogP contribution in [-0.4, -0.2) is 38.3 Å². The summed E-state index contributed by atoms with van der Waals surface area (Å²) < 4.78 is 19.2. The van der Waals surface area contributed by atoms with Gasteiger partial charge in [0.05, 0.1) is 28.7 Å². The molecule has 2 aromatic carbocycles. The fourth-order valence-corrected chi connectivity index (χ4v) is 4.88. The lowest BCUT2D eigenvalue weighted by molar-refractivity contribution is -0.117. The SMILES string of the molecule is N#Cc1ccc(-c2cc3n(c2)Cc2cc(N4C[C@@H](CO)CC4=O)c(F)cc2-n2ccnc2-3)cc1. The van der Waals surface area contributed by atoms with Crippen LogP contribution in [0.5, 0.6) is 0 Å². The zero-order valence-corrected chi connectivity index (χ0v) is 18.1. The van der Waals surface area contributed by atoms with Crippen LogP contribution in [0, 0.1) is 23.1 Å². The number of amides is 1. The number of carbonyl (C=O) groups is 1. The second kappa shape index (κ2) is 7.68. The van der Waals surface area contributed by atoms with E-state index in [-0.39, 0.29) is 30.5 Å². The number of aliphatic hydroxyl groups excluding tert-OH is 1. The first-order chi connectivity index (χ1) is 16.6. The number of benzene rings is 2. The Kier molecular flexibility index (Phi) is 4.61. The third kappa shape index (κ3) is 3.13. The Hall–Kier alpha value is -4.22. The largest absolute Gasteiger partial charge is 0.396 e. The Labute approximate surface area is 194 Å². The average molecular weight is 453 g/mol. The average Bonchev–Trinajstić information content (AvgIpc) is 3.57. The Morgan fingerprint density at radius 1 is 1.15 bits per heavy atom. The smallest absolute Gasteiger partial charge is 0.227 e. The lowest BCUT2D eigenvalue weighted by atomic mass is 10.1. The Morgan fingerprint density at radius 3 is 2.71 bits per heavy atom. The van der Waals surface area contributed by atoms with E-state index in [0.29, 0.717) is 30.2 Å². The van der Waals surface area contributed by atoms with Crippen LogP contribution in [0.1, 0.15) is 17.5 Å². The number of aromatic nitrogens is 3. The highest BCUT2D eigenvalue weighted by atomic mass is 19.1. The quantitative estimate of drug-likeness (QED) is 0.451. The molecule has 0 spiro atoms. The van der Waals surface area contributed by atoms with Crippen molar-refractivity contribution >= 4 is 11.6 Å². The number of imidazole rings is 1. The van der Waals surface area contributed by atoms with Crippen LogP contribution in [0.2, 0.25) is 0 Å². The molecule has 7 nitrogen and oxygen atoms in total. The zero-order valence-electron chi connectivity index (χ0n) is 18.1. The minimum atomic E-state index is -0.477. The summed E-state index contributed by atoms with van der Waals surface area (Å²) in [5.74, 6) is -0.143. The second-order valence-electron chi connectivity index (χ2n) is 8.74. The van der Waals surface area contributed by atoms with Gasteiger partial charge in [-0.3, -0.25) is 9.36 Å². The van der Waals surface area contributed by atoms with Crippen LogP contribution < -0.4 is 4.90 Å². The van der Waals surface area contributed by atoms with Crippen molar-refractivity contribution in [3.05, 3.63) is 78.0 Å².